The minimum Gasteiger partial charge on any atom is -0.508 e. The third kappa shape index (κ3) is 10.2. The van der Waals surface area contributed by atoms with Gasteiger partial charge in [-0.05, 0) is 71.8 Å². The summed E-state index contributed by atoms with van der Waals surface area (Å²) in [4.78, 5) is 65.8. The molecule has 2 heterocycles. The number of benzene rings is 4. The normalized spacial score (nSPS) is 18.9. The average molecular weight is 825 g/mol. The van der Waals surface area contributed by atoms with Crippen LogP contribution < -0.4 is 10.2 Å². The predicted molar refractivity (Wildman–Crippen MR) is 208 cm³/mol. The molecule has 0 radical (unpaired) electrons. The molecule has 0 amide bonds. The van der Waals surface area contributed by atoms with Crippen LogP contribution in [0.5, 0.6) is 34.5 Å². The predicted octanol–water partition coefficient (Wildman–Crippen LogP) is 4.84. The summed E-state index contributed by atoms with van der Waals surface area (Å²) >= 11 is 0. The molecule has 1 aromatic heterocycles. The Hall–Kier alpha value is -7.79. The first-order valence-electron chi connectivity index (χ1n) is 18.0. The number of hydrogen-bond acceptors (Lipinski definition) is 17. The van der Waals surface area contributed by atoms with Crippen LogP contribution in [-0.4, -0.2) is 86.7 Å². The molecule has 4 aromatic carbocycles. The third-order valence-electron chi connectivity index (χ3n) is 8.73. The minimum atomic E-state index is -1.94. The van der Waals surface area contributed by atoms with E-state index >= 15 is 0 Å². The first-order valence-corrected chi connectivity index (χ1v) is 18.0. The van der Waals surface area contributed by atoms with Crippen molar-refractivity contribution in [2.24, 2.45) is 0 Å². The molecule has 0 aliphatic carbocycles. The zero-order valence-electron chi connectivity index (χ0n) is 31.6. The summed E-state index contributed by atoms with van der Waals surface area (Å²) in [6, 6.07) is 18.9. The summed E-state index contributed by atoms with van der Waals surface area (Å²) in [6.45, 7) is 1.30. The van der Waals surface area contributed by atoms with Crippen molar-refractivity contribution < 1.29 is 77.5 Å². The maximum atomic E-state index is 14.2. The van der Waals surface area contributed by atoms with Gasteiger partial charge in [0.1, 0.15) is 52.4 Å². The largest absolute Gasteiger partial charge is 0.508 e. The Morgan fingerprint density at radius 3 is 1.75 bits per heavy atom. The first kappa shape index (κ1) is 41.8. The summed E-state index contributed by atoms with van der Waals surface area (Å²) in [7, 11) is 0. The fourth-order valence-corrected chi connectivity index (χ4v) is 6.07. The second kappa shape index (κ2) is 18.2. The van der Waals surface area contributed by atoms with Gasteiger partial charge in [0.15, 0.2) is 18.0 Å². The fraction of sp³-hybridized carbons (Fsp3) is 0.186. The zero-order valence-corrected chi connectivity index (χ0v) is 31.6. The van der Waals surface area contributed by atoms with Crippen LogP contribution >= 0.6 is 0 Å². The van der Waals surface area contributed by atoms with Gasteiger partial charge in [-0.3, -0.25) is 14.4 Å². The topological polar surface area (TPSA) is 255 Å². The van der Waals surface area contributed by atoms with Crippen molar-refractivity contribution in [1.82, 2.24) is 0 Å². The van der Waals surface area contributed by atoms with Gasteiger partial charge in [0.25, 0.3) is 0 Å². The summed E-state index contributed by atoms with van der Waals surface area (Å²) < 4.78 is 40.7. The molecule has 6 rings (SSSR count). The third-order valence-corrected chi connectivity index (χ3v) is 8.73. The van der Waals surface area contributed by atoms with E-state index in [2.05, 4.69) is 0 Å². The number of ether oxygens (including phenoxy) is 6. The van der Waals surface area contributed by atoms with Crippen LogP contribution in [-0.2, 0) is 42.9 Å². The maximum Gasteiger partial charge on any atom is 0.331 e. The second-order valence-corrected chi connectivity index (χ2v) is 13.2. The Kier molecular flexibility index (Phi) is 12.7. The van der Waals surface area contributed by atoms with Crippen LogP contribution in [0.15, 0.2) is 106 Å². The van der Waals surface area contributed by atoms with E-state index in [1.807, 2.05) is 0 Å². The molecule has 310 valence electrons. The molecule has 0 bridgehead atoms. The lowest BCUT2D eigenvalue weighted by atomic mass is 9.98. The van der Waals surface area contributed by atoms with Crippen LogP contribution in [0.1, 0.15) is 25.0 Å². The summed E-state index contributed by atoms with van der Waals surface area (Å²) in [6.07, 6.45) is -3.98. The van der Waals surface area contributed by atoms with E-state index in [4.69, 9.17) is 32.8 Å². The van der Waals surface area contributed by atoms with Crippen molar-refractivity contribution in [3.8, 4) is 45.8 Å². The van der Waals surface area contributed by atoms with Gasteiger partial charge in [-0.25, -0.2) is 9.59 Å². The van der Waals surface area contributed by atoms with Crippen LogP contribution in [0, 0.1) is 0 Å². The minimum absolute atomic E-state index is 0.00147. The molecule has 1 fully saturated rings. The quantitative estimate of drug-likeness (QED) is 0.0641. The Bertz CT molecular complexity index is 2500. The molecule has 3 unspecified atom stereocenters. The van der Waals surface area contributed by atoms with E-state index < -0.39 is 89.3 Å². The lowest BCUT2D eigenvalue weighted by molar-refractivity contribution is -0.288. The molecule has 1 aliphatic heterocycles. The van der Waals surface area contributed by atoms with Crippen molar-refractivity contribution in [1.29, 1.82) is 0 Å². The zero-order chi connectivity index (χ0) is 43.1. The monoisotopic (exact) mass is 824 g/mol. The van der Waals surface area contributed by atoms with Crippen molar-refractivity contribution >= 4 is 47.0 Å². The van der Waals surface area contributed by atoms with Gasteiger partial charge in [0, 0.05) is 43.7 Å². The number of aromatic hydroxyl groups is 5. The maximum absolute atomic E-state index is 14.2. The average Bonchev–Trinajstić information content (AvgIpc) is 3.19. The van der Waals surface area contributed by atoms with Gasteiger partial charge in [-0.15, -0.1) is 0 Å². The van der Waals surface area contributed by atoms with Gasteiger partial charge in [0.05, 0.1) is 0 Å². The highest BCUT2D eigenvalue weighted by molar-refractivity contribution is 5.89. The van der Waals surface area contributed by atoms with Gasteiger partial charge in [0.2, 0.25) is 23.6 Å². The van der Waals surface area contributed by atoms with Crippen molar-refractivity contribution in [2.45, 2.75) is 44.6 Å². The Morgan fingerprint density at radius 1 is 0.650 bits per heavy atom. The van der Waals surface area contributed by atoms with E-state index in [-0.39, 0.29) is 34.2 Å². The van der Waals surface area contributed by atoms with Crippen molar-refractivity contribution in [3.05, 3.63) is 118 Å². The van der Waals surface area contributed by atoms with Gasteiger partial charge < -0.3 is 58.4 Å². The second-order valence-electron chi connectivity index (χ2n) is 13.2. The summed E-state index contributed by atoms with van der Waals surface area (Å²) in [5.74, 6) is -6.15. The Balaban J connectivity index is 1.42. The molecular formula is C43H36O17. The molecule has 5 N–H and O–H groups in total. The van der Waals surface area contributed by atoms with Crippen molar-refractivity contribution in [3.63, 3.8) is 0 Å². The highest BCUT2D eigenvalue weighted by Crippen LogP contribution is 2.38. The van der Waals surface area contributed by atoms with Gasteiger partial charge in [-0.1, -0.05) is 24.3 Å². The Morgan fingerprint density at radius 2 is 1.18 bits per heavy atom. The van der Waals surface area contributed by atoms with Gasteiger partial charge in [-0.2, -0.15) is 0 Å². The van der Waals surface area contributed by atoms with E-state index in [9.17, 15) is 49.5 Å². The number of esters is 4. The summed E-state index contributed by atoms with van der Waals surface area (Å²) in [5, 5.41) is 49.6. The highest BCUT2D eigenvalue weighted by atomic mass is 16.7. The number of fused-ring (bicyclic) bond motifs is 1. The fourth-order valence-electron chi connectivity index (χ4n) is 6.07. The molecule has 0 saturated carbocycles. The van der Waals surface area contributed by atoms with E-state index in [1.54, 1.807) is 0 Å². The molecule has 17 heteroatoms. The van der Waals surface area contributed by atoms with E-state index in [0.29, 0.717) is 11.1 Å². The first-order chi connectivity index (χ1) is 28.6. The number of carbonyl (C=O) groups excluding carboxylic acids is 4. The van der Waals surface area contributed by atoms with Crippen LogP contribution in [0.3, 0.4) is 0 Å². The SMILES string of the molecule is CC(=O)OC1C(OC(C)=O)[C@H](OC(=O)/C=C\c2ccc(O)cc2)C(COC(=O)/C=C/c2ccc(O)cc2)O[C@H]1Oc1c(-c2ccc(O)cc2)oc2cc(O)cc(O)c2c1=O. The molecule has 5 aromatic rings. The number of phenolic OH excluding ortho intramolecular Hbond substituents is 5. The molecule has 60 heavy (non-hydrogen) atoms. The number of rotatable bonds is 12. The van der Waals surface area contributed by atoms with E-state index in [0.717, 1.165) is 38.1 Å². The van der Waals surface area contributed by atoms with E-state index in [1.165, 1.54) is 84.9 Å². The van der Waals surface area contributed by atoms with Crippen LogP contribution in [0.4, 0.5) is 0 Å². The standard InChI is InChI=1S/C43H36O17/c1-22(44)55-41-39(59-35(52)18-8-25-5-13-28(47)14-6-25)33(21-54-34(51)17-7-24-3-11-27(46)12-4-24)58-43(42(41)56-23(2)45)60-40-37(53)36-31(50)19-30(49)20-32(36)57-38(40)26-9-15-29(48)16-10-26/h3-20,33,39,41-43,46-50H,21H2,1-2H3/b17-7+,18-8-/t33?,39-,41?,42?,43+/m1/s1. The molecule has 0 spiro atoms. The molecular weight excluding hydrogens is 788 g/mol. The smallest absolute Gasteiger partial charge is 0.331 e. The lowest BCUT2D eigenvalue weighted by Crippen LogP contribution is -2.63. The summed E-state index contributed by atoms with van der Waals surface area (Å²) in [5.41, 5.74) is -0.138. The Labute approximate surface area is 339 Å². The lowest BCUT2D eigenvalue weighted by Gasteiger charge is -2.43. The number of carbonyl (C=O) groups is 4. The molecule has 1 aliphatic rings. The number of phenols is 5. The molecule has 5 atom stereocenters. The number of hydrogen-bond donors (Lipinski definition) is 5. The van der Waals surface area contributed by atoms with Crippen LogP contribution in [0.25, 0.3) is 34.4 Å². The van der Waals surface area contributed by atoms with Crippen LogP contribution in [0.2, 0.25) is 0 Å². The highest BCUT2D eigenvalue weighted by Gasteiger charge is 2.54. The van der Waals surface area contributed by atoms with Gasteiger partial charge >= 0.3 is 23.9 Å². The van der Waals surface area contributed by atoms with Crippen molar-refractivity contribution in [2.75, 3.05) is 6.61 Å². The molecule has 17 nitrogen and oxygen atoms in total. The molecule has 1 saturated heterocycles.